The zero-order chi connectivity index (χ0) is 9.97. The summed E-state index contributed by atoms with van der Waals surface area (Å²) in [5.41, 5.74) is 9.03. The van der Waals surface area contributed by atoms with Gasteiger partial charge in [-0.25, -0.2) is 0 Å². The lowest BCUT2D eigenvalue weighted by molar-refractivity contribution is 0.610. The highest BCUT2D eigenvalue weighted by Gasteiger charge is 2.04. The molecule has 2 heteroatoms. The molecule has 2 N–H and O–H groups in total. The van der Waals surface area contributed by atoms with Crippen LogP contribution in [-0.2, 0) is 12.8 Å². The molecule has 0 aliphatic heterocycles. The molecular formula is C12H15NO. The molecule has 1 heterocycles. The molecule has 74 valence electrons. The van der Waals surface area contributed by atoms with E-state index in [9.17, 15) is 0 Å². The summed E-state index contributed by atoms with van der Waals surface area (Å²) >= 11 is 0. The predicted molar refractivity (Wildman–Crippen MR) is 58.4 cm³/mol. The van der Waals surface area contributed by atoms with Crippen molar-refractivity contribution in [2.24, 2.45) is 5.73 Å². The first kappa shape index (κ1) is 9.28. The predicted octanol–water partition coefficient (Wildman–Crippen LogP) is 2.50. The Morgan fingerprint density at radius 1 is 1.36 bits per heavy atom. The first-order valence-corrected chi connectivity index (χ1v) is 5.04. The fourth-order valence-electron chi connectivity index (χ4n) is 1.70. The number of rotatable bonds is 3. The molecule has 0 amide bonds. The zero-order valence-electron chi connectivity index (χ0n) is 8.42. The molecule has 0 bridgehead atoms. The lowest BCUT2D eigenvalue weighted by Gasteiger charge is -1.97. The van der Waals surface area contributed by atoms with E-state index >= 15 is 0 Å². The minimum absolute atomic E-state index is 0.671. The average Bonchev–Trinajstić information content (AvgIpc) is 2.61. The summed E-state index contributed by atoms with van der Waals surface area (Å²) in [7, 11) is 0. The second-order valence-electron chi connectivity index (χ2n) is 3.48. The Hall–Kier alpha value is -1.28. The second-order valence-corrected chi connectivity index (χ2v) is 3.48. The van der Waals surface area contributed by atoms with Gasteiger partial charge < -0.3 is 10.2 Å². The summed E-state index contributed by atoms with van der Waals surface area (Å²) in [6, 6.07) is 6.38. The van der Waals surface area contributed by atoms with Crippen LogP contribution in [0.5, 0.6) is 0 Å². The van der Waals surface area contributed by atoms with Crippen molar-refractivity contribution in [1.29, 1.82) is 0 Å². The number of aryl methyl sites for hydroxylation is 1. The van der Waals surface area contributed by atoms with E-state index in [0.717, 1.165) is 18.4 Å². The second kappa shape index (κ2) is 3.84. The number of nitrogens with two attached hydrogens (primary N) is 1. The topological polar surface area (TPSA) is 39.2 Å². The van der Waals surface area contributed by atoms with Crippen molar-refractivity contribution >= 4 is 11.0 Å². The van der Waals surface area contributed by atoms with Gasteiger partial charge in [-0.2, -0.15) is 0 Å². The molecule has 0 atom stereocenters. The van der Waals surface area contributed by atoms with Crippen molar-refractivity contribution in [2.75, 3.05) is 6.54 Å². The molecule has 0 radical (unpaired) electrons. The lowest BCUT2D eigenvalue weighted by atomic mass is 10.1. The molecule has 2 nitrogen and oxygen atoms in total. The monoisotopic (exact) mass is 189 g/mol. The van der Waals surface area contributed by atoms with Gasteiger partial charge in [-0.15, -0.1) is 0 Å². The molecule has 2 aromatic rings. The average molecular weight is 189 g/mol. The van der Waals surface area contributed by atoms with Gasteiger partial charge in [0.05, 0.1) is 6.26 Å². The molecule has 0 saturated carbocycles. The van der Waals surface area contributed by atoms with Crippen LogP contribution in [0.2, 0.25) is 0 Å². The van der Waals surface area contributed by atoms with E-state index in [-0.39, 0.29) is 0 Å². The van der Waals surface area contributed by atoms with Gasteiger partial charge in [0, 0.05) is 5.39 Å². The van der Waals surface area contributed by atoms with E-state index in [1.165, 1.54) is 16.5 Å². The third-order valence-corrected chi connectivity index (χ3v) is 2.54. The molecule has 0 aliphatic carbocycles. The number of fused-ring (bicyclic) bond motifs is 1. The zero-order valence-corrected chi connectivity index (χ0v) is 8.42. The molecule has 0 spiro atoms. The van der Waals surface area contributed by atoms with Crippen molar-refractivity contribution in [2.45, 2.75) is 19.8 Å². The minimum Gasteiger partial charge on any atom is -0.464 e. The van der Waals surface area contributed by atoms with E-state index in [2.05, 4.69) is 25.1 Å². The molecule has 1 aromatic carbocycles. The summed E-state index contributed by atoms with van der Waals surface area (Å²) in [6.07, 6.45) is 3.75. The Labute approximate surface area is 83.7 Å². The number of hydrogen-bond donors (Lipinski definition) is 1. The normalized spacial score (nSPS) is 11.0. The van der Waals surface area contributed by atoms with E-state index < -0.39 is 0 Å². The SMILES string of the molecule is CCc1ccc2c(CCN)coc2c1. The molecule has 14 heavy (non-hydrogen) atoms. The summed E-state index contributed by atoms with van der Waals surface area (Å²) in [6.45, 7) is 2.81. The molecule has 0 aliphatic rings. The van der Waals surface area contributed by atoms with E-state index in [1.54, 1.807) is 0 Å². The molecule has 0 saturated heterocycles. The Morgan fingerprint density at radius 2 is 2.21 bits per heavy atom. The fourth-order valence-corrected chi connectivity index (χ4v) is 1.70. The maximum atomic E-state index is 5.53. The summed E-state index contributed by atoms with van der Waals surface area (Å²) in [5.74, 6) is 0. The highest BCUT2D eigenvalue weighted by molar-refractivity contribution is 5.81. The van der Waals surface area contributed by atoms with Gasteiger partial charge in [-0.3, -0.25) is 0 Å². The first-order chi connectivity index (χ1) is 6.85. The maximum Gasteiger partial charge on any atom is 0.134 e. The quantitative estimate of drug-likeness (QED) is 0.805. The highest BCUT2D eigenvalue weighted by Crippen LogP contribution is 2.22. The van der Waals surface area contributed by atoms with Crippen LogP contribution < -0.4 is 5.73 Å². The molecule has 0 unspecified atom stereocenters. The van der Waals surface area contributed by atoms with Crippen LogP contribution in [-0.4, -0.2) is 6.54 Å². The summed E-state index contributed by atoms with van der Waals surface area (Å²) in [5, 5.41) is 1.20. The fraction of sp³-hybridized carbons (Fsp3) is 0.333. The third-order valence-electron chi connectivity index (χ3n) is 2.54. The van der Waals surface area contributed by atoms with Crippen molar-refractivity contribution in [1.82, 2.24) is 0 Å². The van der Waals surface area contributed by atoms with Gasteiger partial charge in [0.2, 0.25) is 0 Å². The van der Waals surface area contributed by atoms with Gasteiger partial charge in [0.15, 0.2) is 0 Å². The standard InChI is InChI=1S/C12H15NO/c1-2-9-3-4-11-10(5-6-13)8-14-12(11)7-9/h3-4,7-8H,2,5-6,13H2,1H3. The molecular weight excluding hydrogens is 174 g/mol. The van der Waals surface area contributed by atoms with Gasteiger partial charge in [0.25, 0.3) is 0 Å². The molecule has 2 rings (SSSR count). The van der Waals surface area contributed by atoms with Crippen LogP contribution in [0.25, 0.3) is 11.0 Å². The van der Waals surface area contributed by atoms with E-state index in [1.807, 2.05) is 6.26 Å². The van der Waals surface area contributed by atoms with Crippen LogP contribution in [0.15, 0.2) is 28.9 Å². The van der Waals surface area contributed by atoms with Crippen molar-refractivity contribution in [3.8, 4) is 0 Å². The minimum atomic E-state index is 0.671. The summed E-state index contributed by atoms with van der Waals surface area (Å²) < 4.78 is 5.49. The van der Waals surface area contributed by atoms with Crippen LogP contribution in [0.1, 0.15) is 18.1 Å². The summed E-state index contributed by atoms with van der Waals surface area (Å²) in [4.78, 5) is 0. The van der Waals surface area contributed by atoms with Crippen molar-refractivity contribution in [3.63, 3.8) is 0 Å². The molecule has 1 aromatic heterocycles. The Bertz CT molecular complexity index is 431. The van der Waals surface area contributed by atoms with Crippen molar-refractivity contribution < 1.29 is 4.42 Å². The van der Waals surface area contributed by atoms with Gasteiger partial charge in [-0.1, -0.05) is 19.1 Å². The third kappa shape index (κ3) is 1.53. The van der Waals surface area contributed by atoms with Crippen LogP contribution in [0.4, 0.5) is 0 Å². The number of benzene rings is 1. The lowest BCUT2D eigenvalue weighted by Crippen LogP contribution is -2.01. The van der Waals surface area contributed by atoms with E-state index in [0.29, 0.717) is 6.54 Å². The van der Waals surface area contributed by atoms with E-state index in [4.69, 9.17) is 10.2 Å². The Balaban J connectivity index is 2.48. The largest absolute Gasteiger partial charge is 0.464 e. The van der Waals surface area contributed by atoms with Gasteiger partial charge in [-0.05, 0) is 36.6 Å². The molecule has 0 fully saturated rings. The van der Waals surface area contributed by atoms with Crippen molar-refractivity contribution in [3.05, 3.63) is 35.6 Å². The number of furan rings is 1. The Morgan fingerprint density at radius 3 is 2.93 bits per heavy atom. The van der Waals surface area contributed by atoms with Gasteiger partial charge >= 0.3 is 0 Å². The Kier molecular flexibility index (Phi) is 2.55. The number of hydrogen-bond acceptors (Lipinski definition) is 2. The van der Waals surface area contributed by atoms with Crippen LogP contribution in [0.3, 0.4) is 0 Å². The first-order valence-electron chi connectivity index (χ1n) is 5.04. The highest BCUT2D eigenvalue weighted by atomic mass is 16.3. The van der Waals surface area contributed by atoms with Crippen LogP contribution in [0, 0.1) is 0 Å². The maximum absolute atomic E-state index is 5.53. The smallest absolute Gasteiger partial charge is 0.134 e. The van der Waals surface area contributed by atoms with Gasteiger partial charge in [0.1, 0.15) is 5.58 Å². The van der Waals surface area contributed by atoms with Crippen LogP contribution >= 0.6 is 0 Å².